The number of aromatic nitrogens is 1. The second kappa shape index (κ2) is 7.82. The Morgan fingerprint density at radius 3 is 2.65 bits per heavy atom. The van der Waals surface area contributed by atoms with Crippen molar-refractivity contribution in [2.24, 2.45) is 0 Å². The summed E-state index contributed by atoms with van der Waals surface area (Å²) in [5.41, 5.74) is 0.431. The van der Waals surface area contributed by atoms with Gasteiger partial charge >= 0.3 is 5.97 Å². The van der Waals surface area contributed by atoms with Gasteiger partial charge < -0.3 is 14.8 Å². The molecule has 0 saturated carbocycles. The molecule has 5 nitrogen and oxygen atoms in total. The standard InChI is InChI=1S/C20H20FNO4/c1-4-8-22-11-14(20(25)26)18(24)10-16(22)12(2)9-13(3)19-15(21)6-5-7-17(19)23/h5-7,9-11,23H,3-4,8H2,1-2H3,(H,25,26)/b12-9+. The largest absolute Gasteiger partial charge is 0.507 e. The normalized spacial score (nSPS) is 11.4. The zero-order chi connectivity index (χ0) is 19.4. The van der Waals surface area contributed by atoms with E-state index in [1.807, 2.05) is 6.92 Å². The number of nitrogens with zero attached hydrogens (tertiary/aromatic N) is 1. The van der Waals surface area contributed by atoms with Crippen molar-refractivity contribution >= 4 is 17.1 Å². The van der Waals surface area contributed by atoms with Crippen molar-refractivity contribution in [2.45, 2.75) is 26.8 Å². The average molecular weight is 357 g/mol. The highest BCUT2D eigenvalue weighted by Crippen LogP contribution is 2.29. The maximum Gasteiger partial charge on any atom is 0.341 e. The first-order valence-corrected chi connectivity index (χ1v) is 8.09. The van der Waals surface area contributed by atoms with Crippen LogP contribution in [0.5, 0.6) is 5.75 Å². The van der Waals surface area contributed by atoms with E-state index in [0.717, 1.165) is 6.42 Å². The van der Waals surface area contributed by atoms with E-state index in [9.17, 15) is 19.1 Å². The third-order valence-corrected chi connectivity index (χ3v) is 3.93. The molecule has 0 unspecified atom stereocenters. The lowest BCUT2D eigenvalue weighted by Gasteiger charge is -2.15. The molecule has 0 spiro atoms. The molecule has 6 heteroatoms. The van der Waals surface area contributed by atoms with Crippen LogP contribution in [0.4, 0.5) is 4.39 Å². The van der Waals surface area contributed by atoms with Crippen molar-refractivity contribution in [3.05, 3.63) is 76.0 Å². The van der Waals surface area contributed by atoms with Crippen molar-refractivity contribution in [3.63, 3.8) is 0 Å². The maximum atomic E-state index is 14.0. The van der Waals surface area contributed by atoms with Gasteiger partial charge in [0.25, 0.3) is 0 Å². The number of rotatable bonds is 6. The van der Waals surface area contributed by atoms with E-state index in [2.05, 4.69) is 6.58 Å². The van der Waals surface area contributed by atoms with E-state index in [4.69, 9.17) is 5.11 Å². The van der Waals surface area contributed by atoms with Crippen LogP contribution >= 0.6 is 0 Å². The molecule has 2 N–H and O–H groups in total. The predicted molar refractivity (Wildman–Crippen MR) is 98.7 cm³/mol. The molecule has 0 fully saturated rings. The van der Waals surface area contributed by atoms with Crippen molar-refractivity contribution in [1.82, 2.24) is 4.57 Å². The molecular formula is C20H20FNO4. The summed E-state index contributed by atoms with van der Waals surface area (Å²) in [6.07, 6.45) is 3.60. The van der Waals surface area contributed by atoms with Crippen molar-refractivity contribution in [3.8, 4) is 5.75 Å². The van der Waals surface area contributed by atoms with E-state index in [-0.39, 0.29) is 22.4 Å². The fourth-order valence-corrected chi connectivity index (χ4v) is 2.74. The van der Waals surface area contributed by atoms with Crippen LogP contribution in [0.1, 0.15) is 41.9 Å². The molecule has 0 aliphatic rings. The summed E-state index contributed by atoms with van der Waals surface area (Å²) < 4.78 is 15.7. The van der Waals surface area contributed by atoms with Crippen LogP contribution in [0.15, 0.2) is 47.9 Å². The molecule has 26 heavy (non-hydrogen) atoms. The Bertz CT molecular complexity index is 937. The van der Waals surface area contributed by atoms with Crippen LogP contribution in [0.3, 0.4) is 0 Å². The molecule has 2 rings (SSSR count). The summed E-state index contributed by atoms with van der Waals surface area (Å²) in [7, 11) is 0. The van der Waals surface area contributed by atoms with Gasteiger partial charge in [0.15, 0.2) is 5.43 Å². The molecule has 1 aromatic heterocycles. The Kier molecular flexibility index (Phi) is 5.77. The SMILES string of the molecule is C=C(/C=C(\C)c1cc(=O)c(C(=O)O)cn1CCC)c1c(O)cccc1F. The van der Waals surface area contributed by atoms with Crippen LogP contribution in [-0.4, -0.2) is 20.7 Å². The molecule has 136 valence electrons. The van der Waals surface area contributed by atoms with E-state index in [1.54, 1.807) is 17.6 Å². The Balaban J connectivity index is 2.54. The van der Waals surface area contributed by atoms with Gasteiger partial charge in [-0.2, -0.15) is 0 Å². The smallest absolute Gasteiger partial charge is 0.341 e. The van der Waals surface area contributed by atoms with E-state index in [0.29, 0.717) is 17.8 Å². The second-order valence-electron chi connectivity index (χ2n) is 5.92. The lowest BCUT2D eigenvalue weighted by Crippen LogP contribution is -2.19. The van der Waals surface area contributed by atoms with Crippen LogP contribution in [-0.2, 0) is 6.54 Å². The predicted octanol–water partition coefficient (Wildman–Crippen LogP) is 3.92. The number of carbonyl (C=O) groups is 1. The number of hydrogen-bond donors (Lipinski definition) is 2. The number of halogens is 1. The summed E-state index contributed by atoms with van der Waals surface area (Å²) in [5.74, 6) is -2.12. The van der Waals surface area contributed by atoms with Gasteiger partial charge in [-0.15, -0.1) is 0 Å². The molecular weight excluding hydrogens is 337 g/mol. The summed E-state index contributed by atoms with van der Waals surface area (Å²) in [5, 5.41) is 19.0. The number of carboxylic acid groups (broad SMARTS) is 1. The minimum atomic E-state index is -1.28. The van der Waals surface area contributed by atoms with Gasteiger partial charge in [0.2, 0.25) is 0 Å². The Labute approximate surface area is 150 Å². The average Bonchev–Trinajstić information content (AvgIpc) is 2.55. The minimum absolute atomic E-state index is 0.0154. The van der Waals surface area contributed by atoms with Gasteiger partial charge in [-0.05, 0) is 42.7 Å². The summed E-state index contributed by atoms with van der Waals surface area (Å²) >= 11 is 0. The van der Waals surface area contributed by atoms with Crippen molar-refractivity contribution in [1.29, 1.82) is 0 Å². The maximum absolute atomic E-state index is 14.0. The summed E-state index contributed by atoms with van der Waals surface area (Å²) in [6.45, 7) is 7.95. The fourth-order valence-electron chi connectivity index (χ4n) is 2.74. The third-order valence-electron chi connectivity index (χ3n) is 3.93. The number of allylic oxidation sites excluding steroid dienone is 3. The van der Waals surface area contributed by atoms with Crippen LogP contribution in [0, 0.1) is 5.82 Å². The third kappa shape index (κ3) is 3.91. The molecule has 0 radical (unpaired) electrons. The topological polar surface area (TPSA) is 79.5 Å². The summed E-state index contributed by atoms with van der Waals surface area (Å²) in [4.78, 5) is 23.2. The molecule has 0 aliphatic heterocycles. The number of aromatic hydroxyl groups is 1. The Morgan fingerprint density at radius 2 is 2.08 bits per heavy atom. The first-order valence-electron chi connectivity index (χ1n) is 8.09. The van der Waals surface area contributed by atoms with Gasteiger partial charge in [0, 0.05) is 24.5 Å². The van der Waals surface area contributed by atoms with Crippen molar-refractivity contribution in [2.75, 3.05) is 0 Å². The van der Waals surface area contributed by atoms with Gasteiger partial charge in [-0.1, -0.05) is 19.6 Å². The van der Waals surface area contributed by atoms with Gasteiger partial charge in [-0.25, -0.2) is 9.18 Å². The Morgan fingerprint density at radius 1 is 1.38 bits per heavy atom. The number of phenols is 1. The van der Waals surface area contributed by atoms with E-state index in [1.165, 1.54) is 30.5 Å². The van der Waals surface area contributed by atoms with Gasteiger partial charge in [0.05, 0.1) is 5.56 Å². The lowest BCUT2D eigenvalue weighted by atomic mass is 10.0. The van der Waals surface area contributed by atoms with Gasteiger partial charge in [0.1, 0.15) is 17.1 Å². The highest BCUT2D eigenvalue weighted by atomic mass is 19.1. The number of benzene rings is 1. The first kappa shape index (κ1) is 19.2. The van der Waals surface area contributed by atoms with Crippen LogP contribution in [0.25, 0.3) is 11.1 Å². The number of aryl methyl sites for hydroxylation is 1. The Hall–Kier alpha value is -3.15. The number of pyridine rings is 1. The highest BCUT2D eigenvalue weighted by molar-refractivity contribution is 5.88. The fraction of sp³-hybridized carbons (Fsp3) is 0.200. The zero-order valence-corrected chi connectivity index (χ0v) is 14.6. The van der Waals surface area contributed by atoms with Crippen LogP contribution < -0.4 is 5.43 Å². The molecule has 0 atom stereocenters. The van der Waals surface area contributed by atoms with Crippen molar-refractivity contribution < 1.29 is 19.4 Å². The number of aromatic carboxylic acids is 1. The number of carboxylic acids is 1. The molecule has 1 heterocycles. The molecule has 0 bridgehead atoms. The quantitative estimate of drug-likeness (QED) is 0.768. The number of phenolic OH excluding ortho intramolecular Hbond substituents is 1. The molecule has 0 saturated heterocycles. The lowest BCUT2D eigenvalue weighted by molar-refractivity contribution is 0.0694. The van der Waals surface area contributed by atoms with E-state index < -0.39 is 17.2 Å². The highest BCUT2D eigenvalue weighted by Gasteiger charge is 2.15. The zero-order valence-electron chi connectivity index (χ0n) is 14.6. The molecule has 0 amide bonds. The van der Waals surface area contributed by atoms with Gasteiger partial charge in [-0.3, -0.25) is 4.79 Å². The minimum Gasteiger partial charge on any atom is -0.507 e. The molecule has 0 aliphatic carbocycles. The van der Waals surface area contributed by atoms with E-state index >= 15 is 0 Å². The first-order chi connectivity index (χ1) is 12.3. The monoisotopic (exact) mass is 357 g/mol. The van der Waals surface area contributed by atoms with Crippen LogP contribution in [0.2, 0.25) is 0 Å². The molecule has 2 aromatic rings. The molecule has 1 aromatic carbocycles. The second-order valence-corrected chi connectivity index (χ2v) is 5.92. The summed E-state index contributed by atoms with van der Waals surface area (Å²) in [6, 6.07) is 5.22. The number of hydrogen-bond acceptors (Lipinski definition) is 3.